The SMILES string of the molecule is CCCCCCCN(C)[C@@]1(OCC(O)CCCCC)C[C@H](OCc2ccccc2)C[C@@H]1OCc1ccccc1. The molecule has 5 heteroatoms. The number of rotatable bonds is 20. The van der Waals surface area contributed by atoms with Crippen LogP contribution in [-0.2, 0) is 27.4 Å². The Morgan fingerprint density at radius 3 is 2.05 bits per heavy atom. The van der Waals surface area contributed by atoms with Crippen molar-refractivity contribution in [2.24, 2.45) is 0 Å². The van der Waals surface area contributed by atoms with E-state index in [2.05, 4.69) is 74.3 Å². The van der Waals surface area contributed by atoms with Crippen LogP contribution in [0.25, 0.3) is 0 Å². The summed E-state index contributed by atoms with van der Waals surface area (Å²) >= 11 is 0. The van der Waals surface area contributed by atoms with Crippen molar-refractivity contribution in [3.63, 3.8) is 0 Å². The average molecular weight is 540 g/mol. The number of benzene rings is 2. The lowest BCUT2D eigenvalue weighted by atomic mass is 10.1. The van der Waals surface area contributed by atoms with Gasteiger partial charge in [0.25, 0.3) is 0 Å². The molecule has 5 nitrogen and oxygen atoms in total. The molecule has 1 aliphatic carbocycles. The standard InChI is InChI=1S/C34H53NO4/c1-4-6-8-9-17-23-35(3)34(39-28-31(36)22-12-7-5-2)25-32(37-26-29-18-13-10-14-19-29)24-33(34)38-27-30-20-15-11-16-21-30/h10-11,13-16,18-21,31-33,36H,4-9,12,17,22-28H2,1-3H3/t31?,32-,33+,34-/m1/s1. The van der Waals surface area contributed by atoms with Crippen LogP contribution in [0.4, 0.5) is 0 Å². The van der Waals surface area contributed by atoms with Crippen molar-refractivity contribution in [1.82, 2.24) is 4.90 Å². The molecule has 1 saturated carbocycles. The monoisotopic (exact) mass is 539 g/mol. The Morgan fingerprint density at radius 2 is 1.41 bits per heavy atom. The maximum atomic E-state index is 10.8. The Kier molecular flexibility index (Phi) is 14.5. The molecule has 0 amide bonds. The maximum absolute atomic E-state index is 10.8. The average Bonchev–Trinajstić information content (AvgIpc) is 3.33. The van der Waals surface area contributed by atoms with E-state index in [1.807, 2.05) is 12.1 Å². The van der Waals surface area contributed by atoms with Crippen molar-refractivity contribution in [3.8, 4) is 0 Å². The van der Waals surface area contributed by atoms with Crippen molar-refractivity contribution in [2.75, 3.05) is 20.2 Å². The topological polar surface area (TPSA) is 51.2 Å². The van der Waals surface area contributed by atoms with E-state index < -0.39 is 11.8 Å². The van der Waals surface area contributed by atoms with Crippen molar-refractivity contribution in [3.05, 3.63) is 71.8 Å². The van der Waals surface area contributed by atoms with Gasteiger partial charge in [0.2, 0.25) is 0 Å². The number of hydrogen-bond donors (Lipinski definition) is 1. The van der Waals surface area contributed by atoms with Gasteiger partial charge in [0, 0.05) is 19.4 Å². The van der Waals surface area contributed by atoms with Gasteiger partial charge in [-0.25, -0.2) is 0 Å². The summed E-state index contributed by atoms with van der Waals surface area (Å²) in [5, 5.41) is 10.8. The highest BCUT2D eigenvalue weighted by Gasteiger charge is 2.52. The van der Waals surface area contributed by atoms with Gasteiger partial charge in [0.15, 0.2) is 5.72 Å². The van der Waals surface area contributed by atoms with Gasteiger partial charge in [0.1, 0.15) is 6.10 Å². The third-order valence-electron chi connectivity index (χ3n) is 8.03. The molecule has 39 heavy (non-hydrogen) atoms. The van der Waals surface area contributed by atoms with Gasteiger partial charge >= 0.3 is 0 Å². The third kappa shape index (κ3) is 10.6. The first-order valence-corrected chi connectivity index (χ1v) is 15.4. The van der Waals surface area contributed by atoms with E-state index in [0.29, 0.717) is 19.8 Å². The molecule has 0 heterocycles. The van der Waals surface area contributed by atoms with Crippen LogP contribution in [0.2, 0.25) is 0 Å². The van der Waals surface area contributed by atoms with Crippen LogP contribution in [0.3, 0.4) is 0 Å². The van der Waals surface area contributed by atoms with Gasteiger partial charge < -0.3 is 19.3 Å². The molecular weight excluding hydrogens is 486 g/mol. The molecule has 0 saturated heterocycles. The number of ether oxygens (including phenoxy) is 3. The fraction of sp³-hybridized carbons (Fsp3) is 0.647. The molecule has 1 fully saturated rings. The second kappa shape index (κ2) is 17.8. The van der Waals surface area contributed by atoms with E-state index in [0.717, 1.165) is 57.1 Å². The molecule has 0 aliphatic heterocycles. The Morgan fingerprint density at radius 1 is 0.821 bits per heavy atom. The summed E-state index contributed by atoms with van der Waals surface area (Å²) in [6, 6.07) is 20.7. The molecule has 1 unspecified atom stereocenters. The van der Waals surface area contributed by atoms with Gasteiger partial charge in [-0.05, 0) is 31.0 Å². The summed E-state index contributed by atoms with van der Waals surface area (Å²) in [5.41, 5.74) is 1.70. The smallest absolute Gasteiger partial charge is 0.150 e. The van der Waals surface area contributed by atoms with Crippen LogP contribution in [0, 0.1) is 0 Å². The minimum Gasteiger partial charge on any atom is -0.391 e. The van der Waals surface area contributed by atoms with Crippen molar-refractivity contribution >= 4 is 0 Å². The predicted molar refractivity (Wildman–Crippen MR) is 159 cm³/mol. The number of aliphatic hydroxyl groups excluding tert-OH is 1. The lowest BCUT2D eigenvalue weighted by molar-refractivity contribution is -0.221. The summed E-state index contributed by atoms with van der Waals surface area (Å²) in [4.78, 5) is 2.36. The molecule has 4 atom stereocenters. The highest BCUT2D eigenvalue weighted by atomic mass is 16.6. The zero-order chi connectivity index (χ0) is 27.8. The number of likely N-dealkylation sites (N-methyl/N-ethyl adjacent to an activating group) is 1. The van der Waals surface area contributed by atoms with E-state index in [9.17, 15) is 5.11 Å². The van der Waals surface area contributed by atoms with E-state index >= 15 is 0 Å². The number of hydrogen-bond acceptors (Lipinski definition) is 5. The molecule has 3 rings (SSSR count). The van der Waals surface area contributed by atoms with Crippen LogP contribution < -0.4 is 0 Å². The summed E-state index contributed by atoms with van der Waals surface area (Å²) < 4.78 is 19.9. The summed E-state index contributed by atoms with van der Waals surface area (Å²) in [5.74, 6) is 0. The van der Waals surface area contributed by atoms with Gasteiger partial charge in [-0.2, -0.15) is 0 Å². The van der Waals surface area contributed by atoms with Gasteiger partial charge in [-0.1, -0.05) is 119 Å². The van der Waals surface area contributed by atoms with Crippen LogP contribution in [0.15, 0.2) is 60.7 Å². The molecule has 0 radical (unpaired) electrons. The van der Waals surface area contributed by atoms with Gasteiger partial charge in [0.05, 0.1) is 32.0 Å². The highest BCUT2D eigenvalue weighted by Crippen LogP contribution is 2.41. The summed E-state index contributed by atoms with van der Waals surface area (Å²) in [6.07, 6.45) is 11.1. The minimum atomic E-state index is -0.632. The first kappa shape index (κ1) is 31.8. The first-order chi connectivity index (χ1) is 19.1. The molecule has 0 spiro atoms. The zero-order valence-corrected chi connectivity index (χ0v) is 24.7. The van der Waals surface area contributed by atoms with E-state index in [1.54, 1.807) is 0 Å². The molecule has 1 N–H and O–H groups in total. The predicted octanol–water partition coefficient (Wildman–Crippen LogP) is 7.51. The summed E-state index contributed by atoms with van der Waals surface area (Å²) in [6.45, 7) is 6.81. The Hall–Kier alpha value is -1.76. The van der Waals surface area contributed by atoms with Crippen molar-refractivity contribution in [2.45, 2.75) is 122 Å². The van der Waals surface area contributed by atoms with Crippen LogP contribution >= 0.6 is 0 Å². The zero-order valence-electron chi connectivity index (χ0n) is 24.7. The quantitative estimate of drug-likeness (QED) is 0.139. The molecular formula is C34H53NO4. The molecule has 0 bridgehead atoms. The van der Waals surface area contributed by atoms with Crippen LogP contribution in [0.1, 0.15) is 95.6 Å². The maximum Gasteiger partial charge on any atom is 0.150 e. The Bertz CT molecular complexity index is 879. The van der Waals surface area contributed by atoms with E-state index in [-0.39, 0.29) is 12.2 Å². The minimum absolute atomic E-state index is 0.0192. The molecule has 2 aromatic carbocycles. The fourth-order valence-corrected chi connectivity index (χ4v) is 5.61. The second-order valence-electron chi connectivity index (χ2n) is 11.3. The lowest BCUT2D eigenvalue weighted by Gasteiger charge is -2.43. The molecule has 0 aromatic heterocycles. The third-order valence-corrected chi connectivity index (χ3v) is 8.03. The lowest BCUT2D eigenvalue weighted by Crippen LogP contribution is -2.56. The van der Waals surface area contributed by atoms with Crippen LogP contribution in [0.5, 0.6) is 0 Å². The first-order valence-electron chi connectivity index (χ1n) is 15.4. The largest absolute Gasteiger partial charge is 0.391 e. The number of unbranched alkanes of at least 4 members (excludes halogenated alkanes) is 6. The van der Waals surface area contributed by atoms with E-state index in [1.165, 1.54) is 31.2 Å². The Balaban J connectivity index is 1.75. The van der Waals surface area contributed by atoms with Gasteiger partial charge in [-0.3, -0.25) is 4.90 Å². The molecule has 1 aliphatic rings. The number of aliphatic hydroxyl groups is 1. The molecule has 2 aromatic rings. The van der Waals surface area contributed by atoms with Crippen LogP contribution in [-0.4, -0.2) is 54.2 Å². The van der Waals surface area contributed by atoms with Crippen molar-refractivity contribution in [1.29, 1.82) is 0 Å². The highest BCUT2D eigenvalue weighted by molar-refractivity contribution is 5.15. The second-order valence-corrected chi connectivity index (χ2v) is 11.3. The number of nitrogens with zero attached hydrogens (tertiary/aromatic N) is 1. The fourth-order valence-electron chi connectivity index (χ4n) is 5.61. The summed E-state index contributed by atoms with van der Waals surface area (Å²) in [7, 11) is 2.17. The van der Waals surface area contributed by atoms with Crippen molar-refractivity contribution < 1.29 is 19.3 Å². The van der Waals surface area contributed by atoms with Gasteiger partial charge in [-0.15, -0.1) is 0 Å². The van der Waals surface area contributed by atoms with E-state index in [4.69, 9.17) is 14.2 Å². The Labute approximate surface area is 237 Å². The molecule has 218 valence electrons. The normalized spacial score (nSPS) is 22.0.